The Morgan fingerprint density at radius 3 is 2.71 bits per heavy atom. The Hall–Kier alpha value is -1.64. The van der Waals surface area contributed by atoms with Gasteiger partial charge in [-0.25, -0.2) is 4.79 Å². The highest BCUT2D eigenvalue weighted by molar-refractivity contribution is 5.89. The van der Waals surface area contributed by atoms with Crippen LogP contribution in [-0.4, -0.2) is 18.8 Å². The molecule has 0 aliphatic carbocycles. The third kappa shape index (κ3) is 3.39. The zero-order valence-electron chi connectivity index (χ0n) is 7.90. The molecule has 0 heterocycles. The zero-order valence-corrected chi connectivity index (χ0v) is 7.90. The molecule has 0 amide bonds. The summed E-state index contributed by atoms with van der Waals surface area (Å²) >= 11 is 0. The van der Waals surface area contributed by atoms with Crippen molar-refractivity contribution in [3.63, 3.8) is 0 Å². The van der Waals surface area contributed by atoms with Crippen molar-refractivity contribution in [2.75, 3.05) is 6.61 Å². The summed E-state index contributed by atoms with van der Waals surface area (Å²) in [5, 5.41) is 6.79. The lowest BCUT2D eigenvalue weighted by molar-refractivity contribution is 0.0502. The van der Waals surface area contributed by atoms with Gasteiger partial charge in [0.2, 0.25) is 0 Å². The highest BCUT2D eigenvalue weighted by Crippen LogP contribution is 2.01. The van der Waals surface area contributed by atoms with Gasteiger partial charge < -0.3 is 10.1 Å². The number of ether oxygens (including phenoxy) is 1. The lowest BCUT2D eigenvalue weighted by Crippen LogP contribution is -2.06. The average Bonchev–Trinajstić information content (AvgIpc) is 2.25. The van der Waals surface area contributed by atoms with Crippen LogP contribution in [0.1, 0.15) is 23.2 Å². The van der Waals surface area contributed by atoms with Crippen molar-refractivity contribution in [2.45, 2.75) is 12.8 Å². The van der Waals surface area contributed by atoms with E-state index in [0.717, 1.165) is 0 Å². The summed E-state index contributed by atoms with van der Waals surface area (Å²) in [7, 11) is 0. The highest BCUT2D eigenvalue weighted by Gasteiger charge is 2.04. The van der Waals surface area contributed by atoms with Crippen molar-refractivity contribution in [1.82, 2.24) is 0 Å². The van der Waals surface area contributed by atoms with Crippen LogP contribution in [-0.2, 0) is 4.74 Å². The molecule has 0 atom stereocenters. The fourth-order valence-corrected chi connectivity index (χ4v) is 1.01. The normalized spacial score (nSPS) is 9.43. The minimum absolute atomic E-state index is 0.296. The molecule has 0 spiro atoms. The number of carbonyl (C=O) groups excluding carboxylic acids is 1. The lowest BCUT2D eigenvalue weighted by atomic mass is 10.2. The Kier molecular flexibility index (Phi) is 4.41. The van der Waals surface area contributed by atoms with E-state index in [-0.39, 0.29) is 5.97 Å². The van der Waals surface area contributed by atoms with E-state index >= 15 is 0 Å². The Labute approximate surface area is 83.2 Å². The Balaban J connectivity index is 2.32. The van der Waals surface area contributed by atoms with Gasteiger partial charge >= 0.3 is 5.97 Å². The molecule has 1 aromatic rings. The molecule has 74 valence electrons. The second kappa shape index (κ2) is 5.91. The van der Waals surface area contributed by atoms with E-state index < -0.39 is 0 Å². The number of hydrogen-bond acceptors (Lipinski definition) is 3. The molecule has 0 radical (unpaired) electrons. The molecule has 3 heteroatoms. The van der Waals surface area contributed by atoms with E-state index in [4.69, 9.17) is 10.1 Å². The topological polar surface area (TPSA) is 50.1 Å². The van der Waals surface area contributed by atoms with Crippen LogP contribution in [0.3, 0.4) is 0 Å². The van der Waals surface area contributed by atoms with E-state index in [9.17, 15) is 4.79 Å². The van der Waals surface area contributed by atoms with Crippen LogP contribution in [0.5, 0.6) is 0 Å². The number of unbranched alkanes of at least 4 members (excludes halogenated alkanes) is 1. The first kappa shape index (κ1) is 10.4. The number of nitrogens with one attached hydrogen (secondary N) is 1. The monoisotopic (exact) mass is 191 g/mol. The molecular weight excluding hydrogens is 178 g/mol. The maximum atomic E-state index is 11.3. The lowest BCUT2D eigenvalue weighted by Gasteiger charge is -2.02. The molecule has 14 heavy (non-hydrogen) atoms. The van der Waals surface area contributed by atoms with Crippen LogP contribution >= 0.6 is 0 Å². The molecule has 0 saturated carbocycles. The molecule has 1 N–H and O–H groups in total. The number of rotatable bonds is 5. The number of carbonyl (C=O) groups is 1. The first-order valence-electron chi connectivity index (χ1n) is 4.55. The summed E-state index contributed by atoms with van der Waals surface area (Å²) in [4.78, 5) is 11.3. The van der Waals surface area contributed by atoms with Crippen LogP contribution in [0.25, 0.3) is 0 Å². The van der Waals surface area contributed by atoms with Crippen molar-refractivity contribution in [3.05, 3.63) is 35.9 Å². The molecule has 0 aliphatic heterocycles. The molecule has 0 fully saturated rings. The van der Waals surface area contributed by atoms with E-state index in [0.29, 0.717) is 25.0 Å². The minimum Gasteiger partial charge on any atom is -0.462 e. The molecule has 0 unspecified atom stereocenters. The summed E-state index contributed by atoms with van der Waals surface area (Å²) in [6, 6.07) is 8.89. The minimum atomic E-state index is -0.296. The van der Waals surface area contributed by atoms with Gasteiger partial charge in [0.1, 0.15) is 0 Å². The summed E-state index contributed by atoms with van der Waals surface area (Å²) in [6.07, 6.45) is 2.68. The first-order valence-corrected chi connectivity index (χ1v) is 4.55. The third-order valence-electron chi connectivity index (χ3n) is 1.74. The third-order valence-corrected chi connectivity index (χ3v) is 1.74. The molecule has 0 saturated heterocycles. The SMILES string of the molecule is N=CCCCOC(=O)c1ccccc1. The van der Waals surface area contributed by atoms with Crippen LogP contribution < -0.4 is 0 Å². The van der Waals surface area contributed by atoms with Crippen LogP contribution in [0.2, 0.25) is 0 Å². The Bertz CT molecular complexity index is 295. The zero-order chi connectivity index (χ0) is 10.2. The second-order valence-corrected chi connectivity index (χ2v) is 2.85. The summed E-state index contributed by atoms with van der Waals surface area (Å²) in [6.45, 7) is 0.378. The van der Waals surface area contributed by atoms with Gasteiger partial charge in [-0.1, -0.05) is 18.2 Å². The predicted molar refractivity (Wildman–Crippen MR) is 54.7 cm³/mol. The van der Waals surface area contributed by atoms with Gasteiger partial charge in [0.25, 0.3) is 0 Å². The van der Waals surface area contributed by atoms with Gasteiger partial charge in [-0.2, -0.15) is 0 Å². The predicted octanol–water partition coefficient (Wildman–Crippen LogP) is 2.27. The van der Waals surface area contributed by atoms with Gasteiger partial charge in [0.05, 0.1) is 12.2 Å². The molecule has 0 aromatic heterocycles. The second-order valence-electron chi connectivity index (χ2n) is 2.85. The van der Waals surface area contributed by atoms with Gasteiger partial charge in [0, 0.05) is 0 Å². The van der Waals surface area contributed by atoms with E-state index in [1.165, 1.54) is 6.21 Å². The van der Waals surface area contributed by atoms with E-state index in [1.54, 1.807) is 24.3 Å². The molecule has 0 bridgehead atoms. The summed E-state index contributed by atoms with van der Waals surface area (Å²) in [5.74, 6) is -0.296. The number of esters is 1. The first-order chi connectivity index (χ1) is 6.84. The maximum absolute atomic E-state index is 11.3. The average molecular weight is 191 g/mol. The van der Waals surface area contributed by atoms with Gasteiger partial charge in [-0.3, -0.25) is 0 Å². The van der Waals surface area contributed by atoms with Crippen molar-refractivity contribution in [1.29, 1.82) is 5.41 Å². The fourth-order valence-electron chi connectivity index (χ4n) is 1.01. The standard InChI is InChI=1S/C11H13NO2/c12-8-4-5-9-14-11(13)10-6-2-1-3-7-10/h1-3,6-8,12H,4-5,9H2. The molecule has 1 rings (SSSR count). The fraction of sp³-hybridized carbons (Fsp3) is 0.273. The highest BCUT2D eigenvalue weighted by atomic mass is 16.5. The Morgan fingerprint density at radius 2 is 2.07 bits per heavy atom. The van der Waals surface area contributed by atoms with E-state index in [1.807, 2.05) is 6.07 Å². The summed E-state index contributed by atoms with van der Waals surface area (Å²) in [5.41, 5.74) is 0.572. The summed E-state index contributed by atoms with van der Waals surface area (Å²) < 4.78 is 4.99. The van der Waals surface area contributed by atoms with Gasteiger partial charge in [0.15, 0.2) is 0 Å². The van der Waals surface area contributed by atoms with Crippen molar-refractivity contribution in [3.8, 4) is 0 Å². The molecular formula is C11H13NO2. The maximum Gasteiger partial charge on any atom is 0.338 e. The van der Waals surface area contributed by atoms with Crippen molar-refractivity contribution in [2.24, 2.45) is 0 Å². The quantitative estimate of drug-likeness (QED) is 0.441. The smallest absolute Gasteiger partial charge is 0.338 e. The number of hydrogen-bond donors (Lipinski definition) is 1. The van der Waals surface area contributed by atoms with Crippen LogP contribution in [0, 0.1) is 5.41 Å². The largest absolute Gasteiger partial charge is 0.462 e. The van der Waals surface area contributed by atoms with Gasteiger partial charge in [-0.15, -0.1) is 0 Å². The van der Waals surface area contributed by atoms with Gasteiger partial charge in [-0.05, 0) is 31.2 Å². The Morgan fingerprint density at radius 1 is 1.36 bits per heavy atom. The van der Waals surface area contributed by atoms with Crippen LogP contribution in [0.4, 0.5) is 0 Å². The van der Waals surface area contributed by atoms with Crippen molar-refractivity contribution < 1.29 is 9.53 Å². The molecule has 0 aliphatic rings. The molecule has 1 aromatic carbocycles. The van der Waals surface area contributed by atoms with E-state index in [2.05, 4.69) is 0 Å². The number of benzene rings is 1. The molecule has 3 nitrogen and oxygen atoms in total. The van der Waals surface area contributed by atoms with Crippen LogP contribution in [0.15, 0.2) is 30.3 Å². The van der Waals surface area contributed by atoms with Crippen molar-refractivity contribution >= 4 is 12.2 Å².